The van der Waals surface area contributed by atoms with Crippen molar-refractivity contribution in [1.82, 2.24) is 9.88 Å². The second-order valence-electron chi connectivity index (χ2n) is 4.80. The van der Waals surface area contributed by atoms with Gasteiger partial charge < -0.3 is 5.73 Å². The largest absolute Gasteiger partial charge is 0.329 e. The Balaban J connectivity index is 2.25. The second kappa shape index (κ2) is 7.90. The molecule has 2 N–H and O–H groups in total. The molecule has 0 radical (unpaired) electrons. The van der Waals surface area contributed by atoms with Gasteiger partial charge in [-0.2, -0.15) is 0 Å². The molecule has 21 heavy (non-hydrogen) atoms. The molecule has 1 aromatic heterocycles. The molecule has 0 amide bonds. The van der Waals surface area contributed by atoms with Crippen molar-refractivity contribution in [3.63, 3.8) is 0 Å². The molecule has 2 aromatic rings. The van der Waals surface area contributed by atoms with Gasteiger partial charge in [-0.1, -0.05) is 46.6 Å². The van der Waals surface area contributed by atoms with Crippen molar-refractivity contribution in [3.8, 4) is 0 Å². The van der Waals surface area contributed by atoms with Crippen LogP contribution < -0.4 is 5.73 Å². The fraction of sp³-hybridized carbons (Fsp3) is 0.312. The number of likely N-dealkylation sites (N-methyl/N-ethyl adjacent to an activating group) is 1. The number of hydrogen-bond acceptors (Lipinski definition) is 3. The fourth-order valence-corrected chi connectivity index (χ4v) is 3.33. The first-order valence-electron chi connectivity index (χ1n) is 6.94. The van der Waals surface area contributed by atoms with E-state index in [1.165, 1.54) is 0 Å². The summed E-state index contributed by atoms with van der Waals surface area (Å²) in [6, 6.07) is 11.9. The van der Waals surface area contributed by atoms with E-state index >= 15 is 0 Å². The number of pyridine rings is 1. The van der Waals surface area contributed by atoms with Gasteiger partial charge in [-0.25, -0.2) is 0 Å². The quantitative estimate of drug-likeness (QED) is 0.837. The van der Waals surface area contributed by atoms with Crippen molar-refractivity contribution in [2.45, 2.75) is 19.5 Å². The molecule has 0 fully saturated rings. The first kappa shape index (κ1) is 16.4. The maximum atomic E-state index is 6.03. The molecular formula is C16H19BrClN3. The van der Waals surface area contributed by atoms with Gasteiger partial charge >= 0.3 is 0 Å². The highest BCUT2D eigenvalue weighted by Gasteiger charge is 2.20. The molecule has 5 heteroatoms. The number of nitrogens with two attached hydrogens (primary N) is 1. The van der Waals surface area contributed by atoms with Gasteiger partial charge in [0.05, 0.1) is 5.69 Å². The van der Waals surface area contributed by atoms with Gasteiger partial charge in [0.1, 0.15) is 0 Å². The van der Waals surface area contributed by atoms with E-state index in [0.717, 1.165) is 28.8 Å². The normalized spacial score (nSPS) is 12.6. The summed E-state index contributed by atoms with van der Waals surface area (Å²) >= 11 is 9.61. The van der Waals surface area contributed by atoms with Crippen molar-refractivity contribution < 1.29 is 0 Å². The minimum atomic E-state index is 0.128. The third kappa shape index (κ3) is 4.27. The fourth-order valence-electron chi connectivity index (χ4n) is 2.39. The SMILES string of the molecule is CCN(Cc1ccccn1)C(CN)c1ccc(Cl)cc1Br. The summed E-state index contributed by atoms with van der Waals surface area (Å²) in [5, 5.41) is 0.717. The Morgan fingerprint density at radius 3 is 2.71 bits per heavy atom. The Bertz CT molecular complexity index is 577. The maximum absolute atomic E-state index is 6.03. The molecule has 1 heterocycles. The molecule has 112 valence electrons. The molecular weight excluding hydrogens is 350 g/mol. The van der Waals surface area contributed by atoms with Crippen LogP contribution >= 0.6 is 27.5 Å². The Hall–Kier alpha value is -0.940. The molecule has 0 aliphatic carbocycles. The summed E-state index contributed by atoms with van der Waals surface area (Å²) in [5.41, 5.74) is 8.22. The van der Waals surface area contributed by atoms with Gasteiger partial charge in [0.2, 0.25) is 0 Å². The number of benzene rings is 1. The van der Waals surface area contributed by atoms with Gasteiger partial charge in [0, 0.05) is 34.8 Å². The van der Waals surface area contributed by atoms with E-state index in [4.69, 9.17) is 17.3 Å². The van der Waals surface area contributed by atoms with Gasteiger partial charge in [-0.3, -0.25) is 9.88 Å². The van der Waals surface area contributed by atoms with E-state index in [0.29, 0.717) is 11.6 Å². The number of nitrogens with zero attached hydrogens (tertiary/aromatic N) is 2. The lowest BCUT2D eigenvalue weighted by atomic mass is 10.0. The van der Waals surface area contributed by atoms with Crippen LogP contribution in [0.15, 0.2) is 47.1 Å². The predicted octanol–water partition coefficient (Wildman–Crippen LogP) is 4.02. The van der Waals surface area contributed by atoms with E-state index in [-0.39, 0.29) is 6.04 Å². The molecule has 0 aliphatic rings. The summed E-state index contributed by atoms with van der Waals surface area (Å²) in [4.78, 5) is 6.71. The van der Waals surface area contributed by atoms with Crippen LogP contribution in [0.5, 0.6) is 0 Å². The summed E-state index contributed by atoms with van der Waals surface area (Å²) in [6.45, 7) is 4.35. The monoisotopic (exact) mass is 367 g/mol. The minimum Gasteiger partial charge on any atom is -0.329 e. The number of hydrogen-bond donors (Lipinski definition) is 1. The molecule has 0 saturated heterocycles. The zero-order chi connectivity index (χ0) is 15.2. The summed E-state index contributed by atoms with van der Waals surface area (Å²) in [5.74, 6) is 0. The van der Waals surface area contributed by atoms with Crippen molar-refractivity contribution >= 4 is 27.5 Å². The molecule has 1 unspecified atom stereocenters. The highest BCUT2D eigenvalue weighted by Crippen LogP contribution is 2.30. The van der Waals surface area contributed by atoms with Gasteiger partial charge in [0.15, 0.2) is 0 Å². The van der Waals surface area contributed by atoms with Crippen LogP contribution in [0.1, 0.15) is 24.2 Å². The summed E-state index contributed by atoms with van der Waals surface area (Å²) in [7, 11) is 0. The van der Waals surface area contributed by atoms with Crippen LogP contribution in [0, 0.1) is 0 Å². The average molecular weight is 369 g/mol. The predicted molar refractivity (Wildman–Crippen MR) is 91.3 cm³/mol. The van der Waals surface area contributed by atoms with Crippen LogP contribution in [0.2, 0.25) is 5.02 Å². The zero-order valence-corrected chi connectivity index (χ0v) is 14.3. The molecule has 0 bridgehead atoms. The highest BCUT2D eigenvalue weighted by atomic mass is 79.9. The van der Waals surface area contributed by atoms with Gasteiger partial charge in [0.25, 0.3) is 0 Å². The second-order valence-corrected chi connectivity index (χ2v) is 6.09. The lowest BCUT2D eigenvalue weighted by Gasteiger charge is -2.30. The Morgan fingerprint density at radius 2 is 2.14 bits per heavy atom. The smallest absolute Gasteiger partial charge is 0.0544 e. The number of halogens is 2. The van der Waals surface area contributed by atoms with E-state index < -0.39 is 0 Å². The first-order valence-corrected chi connectivity index (χ1v) is 8.11. The standard InChI is InChI=1S/C16H19BrClN3/c1-2-21(11-13-5-3-4-8-20-13)16(10-19)14-7-6-12(18)9-15(14)17/h3-9,16H,2,10-11,19H2,1H3. The maximum Gasteiger partial charge on any atom is 0.0544 e. The van der Waals surface area contributed by atoms with Gasteiger partial charge in [-0.05, 0) is 36.4 Å². The van der Waals surface area contributed by atoms with Crippen molar-refractivity contribution in [1.29, 1.82) is 0 Å². The van der Waals surface area contributed by atoms with Crippen LogP contribution in [-0.2, 0) is 6.54 Å². The topological polar surface area (TPSA) is 42.2 Å². The first-order chi connectivity index (χ1) is 10.2. The molecule has 2 rings (SSSR count). The molecule has 0 spiro atoms. The van der Waals surface area contributed by atoms with Crippen LogP contribution in [0.3, 0.4) is 0 Å². The van der Waals surface area contributed by atoms with E-state index in [1.807, 2.05) is 42.6 Å². The molecule has 0 aliphatic heterocycles. The Morgan fingerprint density at radius 1 is 1.33 bits per heavy atom. The van der Waals surface area contributed by atoms with E-state index in [1.54, 1.807) is 0 Å². The molecule has 1 atom stereocenters. The lowest BCUT2D eigenvalue weighted by molar-refractivity contribution is 0.200. The van der Waals surface area contributed by atoms with Crippen molar-refractivity contribution in [2.75, 3.05) is 13.1 Å². The zero-order valence-electron chi connectivity index (χ0n) is 12.0. The van der Waals surface area contributed by atoms with Crippen molar-refractivity contribution in [2.24, 2.45) is 5.73 Å². The third-order valence-electron chi connectivity index (χ3n) is 3.48. The van der Waals surface area contributed by atoms with E-state index in [2.05, 4.69) is 32.7 Å². The Kier molecular flexibility index (Phi) is 6.18. The molecule has 1 aromatic carbocycles. The molecule has 3 nitrogen and oxygen atoms in total. The molecule has 0 saturated carbocycles. The minimum absolute atomic E-state index is 0.128. The summed E-state index contributed by atoms with van der Waals surface area (Å²) < 4.78 is 0.991. The highest BCUT2D eigenvalue weighted by molar-refractivity contribution is 9.10. The number of aromatic nitrogens is 1. The van der Waals surface area contributed by atoms with Crippen LogP contribution in [0.25, 0.3) is 0 Å². The summed E-state index contributed by atoms with van der Waals surface area (Å²) in [6.07, 6.45) is 1.82. The Labute approximate surface area is 139 Å². The average Bonchev–Trinajstić information content (AvgIpc) is 2.49. The van der Waals surface area contributed by atoms with Gasteiger partial charge in [-0.15, -0.1) is 0 Å². The van der Waals surface area contributed by atoms with Crippen molar-refractivity contribution in [3.05, 3.63) is 63.3 Å². The van der Waals surface area contributed by atoms with E-state index in [9.17, 15) is 0 Å². The van der Waals surface area contributed by atoms with Crippen LogP contribution in [0.4, 0.5) is 0 Å². The third-order valence-corrected chi connectivity index (χ3v) is 4.40. The number of rotatable bonds is 6. The van der Waals surface area contributed by atoms with Crippen LogP contribution in [-0.4, -0.2) is 23.0 Å². The lowest BCUT2D eigenvalue weighted by Crippen LogP contribution is -2.33.